The summed E-state index contributed by atoms with van der Waals surface area (Å²) < 4.78 is 11.2. The van der Waals surface area contributed by atoms with Crippen LogP contribution in [0, 0.1) is 0 Å². The zero-order valence-corrected chi connectivity index (χ0v) is 15.8. The Morgan fingerprint density at radius 3 is 2.72 bits per heavy atom. The molecule has 0 atom stereocenters. The number of hydrogen-bond acceptors (Lipinski definition) is 5. The highest BCUT2D eigenvalue weighted by Gasteiger charge is 2.24. The van der Waals surface area contributed by atoms with Gasteiger partial charge in [-0.25, -0.2) is 5.48 Å². The van der Waals surface area contributed by atoms with Gasteiger partial charge in [0.05, 0.1) is 13.7 Å². The molecule has 1 aliphatic heterocycles. The van der Waals surface area contributed by atoms with E-state index in [0.29, 0.717) is 18.7 Å². The van der Waals surface area contributed by atoms with Crippen molar-refractivity contribution in [3.63, 3.8) is 0 Å². The molecular weight excluding hydrogens is 372 g/mol. The lowest BCUT2D eigenvalue weighted by Gasteiger charge is -2.25. The first kappa shape index (κ1) is 18.8. The average Bonchev–Trinajstić information content (AvgIpc) is 3.13. The molecule has 0 saturated heterocycles. The van der Waals surface area contributed by atoms with Crippen molar-refractivity contribution >= 4 is 28.9 Å². The molecule has 7 nitrogen and oxygen atoms in total. The van der Waals surface area contributed by atoms with Gasteiger partial charge in [0.25, 0.3) is 5.91 Å². The molecule has 29 heavy (non-hydrogen) atoms. The van der Waals surface area contributed by atoms with Gasteiger partial charge in [0.2, 0.25) is 5.91 Å². The maximum absolute atomic E-state index is 12.6. The number of nitrogens with zero attached hydrogens (tertiary/aromatic N) is 1. The SMILES string of the molecule is COc1ccc2c3c(oc2c1)CN(C(=O)/C=C/c1ccc(C(=O)NO)cc1)CC3. The number of carbonyl (C=O) groups is 2. The van der Waals surface area contributed by atoms with Gasteiger partial charge in [0.15, 0.2) is 0 Å². The summed E-state index contributed by atoms with van der Waals surface area (Å²) in [6.07, 6.45) is 3.94. The van der Waals surface area contributed by atoms with Crippen molar-refractivity contribution in [1.82, 2.24) is 10.4 Å². The summed E-state index contributed by atoms with van der Waals surface area (Å²) in [5.74, 6) is 0.859. The molecule has 2 heterocycles. The molecule has 1 aliphatic rings. The highest BCUT2D eigenvalue weighted by atomic mass is 16.5. The quantitative estimate of drug-likeness (QED) is 0.404. The van der Waals surface area contributed by atoms with E-state index in [1.165, 1.54) is 6.08 Å². The Balaban J connectivity index is 1.46. The third kappa shape index (κ3) is 3.72. The summed E-state index contributed by atoms with van der Waals surface area (Å²) in [4.78, 5) is 25.7. The van der Waals surface area contributed by atoms with Crippen LogP contribution in [0.5, 0.6) is 5.75 Å². The minimum absolute atomic E-state index is 0.106. The van der Waals surface area contributed by atoms with Gasteiger partial charge >= 0.3 is 0 Å². The molecule has 0 radical (unpaired) electrons. The minimum atomic E-state index is -0.579. The van der Waals surface area contributed by atoms with E-state index in [0.717, 1.165) is 40.0 Å². The molecule has 2 aromatic carbocycles. The molecule has 7 heteroatoms. The van der Waals surface area contributed by atoms with Crippen molar-refractivity contribution in [1.29, 1.82) is 0 Å². The number of benzene rings is 2. The number of furan rings is 1. The first-order valence-electron chi connectivity index (χ1n) is 9.19. The van der Waals surface area contributed by atoms with Gasteiger partial charge in [-0.05, 0) is 42.3 Å². The largest absolute Gasteiger partial charge is 0.497 e. The Morgan fingerprint density at radius 2 is 2.00 bits per heavy atom. The number of rotatable bonds is 4. The first-order chi connectivity index (χ1) is 14.1. The Labute approximate surface area is 167 Å². The number of hydroxylamine groups is 1. The van der Waals surface area contributed by atoms with Gasteiger partial charge in [-0.3, -0.25) is 14.8 Å². The molecule has 4 rings (SSSR count). The van der Waals surface area contributed by atoms with Crippen LogP contribution < -0.4 is 10.2 Å². The molecule has 3 aromatic rings. The maximum atomic E-state index is 12.6. The molecule has 1 aromatic heterocycles. The number of fused-ring (bicyclic) bond motifs is 3. The molecule has 0 aliphatic carbocycles. The van der Waals surface area contributed by atoms with Crippen molar-refractivity contribution in [2.24, 2.45) is 0 Å². The maximum Gasteiger partial charge on any atom is 0.274 e. The van der Waals surface area contributed by atoms with E-state index in [4.69, 9.17) is 14.4 Å². The van der Waals surface area contributed by atoms with E-state index in [1.54, 1.807) is 47.8 Å². The molecule has 148 valence electrons. The third-order valence-corrected chi connectivity index (χ3v) is 5.05. The molecule has 0 fully saturated rings. The van der Waals surface area contributed by atoms with Crippen LogP contribution in [0.1, 0.15) is 27.2 Å². The van der Waals surface area contributed by atoms with E-state index >= 15 is 0 Å². The number of nitrogens with one attached hydrogen (secondary N) is 1. The topological polar surface area (TPSA) is 92.0 Å². The Kier molecular flexibility index (Phi) is 5.05. The molecule has 2 amide bonds. The van der Waals surface area contributed by atoms with Crippen LogP contribution in [-0.4, -0.2) is 35.6 Å². The molecule has 0 bridgehead atoms. The van der Waals surface area contributed by atoms with Crippen LogP contribution in [0.25, 0.3) is 17.0 Å². The summed E-state index contributed by atoms with van der Waals surface area (Å²) in [7, 11) is 1.62. The second-order valence-corrected chi connectivity index (χ2v) is 6.77. The van der Waals surface area contributed by atoms with Crippen molar-refractivity contribution in [3.8, 4) is 5.75 Å². The van der Waals surface area contributed by atoms with Gasteiger partial charge in [-0.15, -0.1) is 0 Å². The number of amides is 2. The van der Waals surface area contributed by atoms with Crippen LogP contribution in [0.15, 0.2) is 53.0 Å². The van der Waals surface area contributed by atoms with Crippen molar-refractivity contribution in [3.05, 3.63) is 71.0 Å². The Bertz CT molecular complexity index is 1100. The van der Waals surface area contributed by atoms with E-state index in [-0.39, 0.29) is 5.91 Å². The van der Waals surface area contributed by atoms with Gasteiger partial charge < -0.3 is 14.1 Å². The first-order valence-corrected chi connectivity index (χ1v) is 9.19. The van der Waals surface area contributed by atoms with Crippen molar-refractivity contribution in [2.45, 2.75) is 13.0 Å². The van der Waals surface area contributed by atoms with E-state index < -0.39 is 5.91 Å². The second kappa shape index (κ2) is 7.81. The molecule has 0 unspecified atom stereocenters. The third-order valence-electron chi connectivity index (χ3n) is 5.05. The number of methoxy groups -OCH3 is 1. The van der Waals surface area contributed by atoms with Gasteiger partial charge in [0.1, 0.15) is 17.1 Å². The summed E-state index contributed by atoms with van der Waals surface area (Å²) in [5, 5.41) is 9.71. The van der Waals surface area contributed by atoms with Crippen molar-refractivity contribution < 1.29 is 24.0 Å². The van der Waals surface area contributed by atoms with Gasteiger partial charge in [-0.2, -0.15) is 0 Å². The smallest absolute Gasteiger partial charge is 0.274 e. The fraction of sp³-hybridized carbons (Fsp3) is 0.182. The van der Waals surface area contributed by atoms with Gasteiger partial charge in [0, 0.05) is 35.2 Å². The normalized spacial score (nSPS) is 13.5. The minimum Gasteiger partial charge on any atom is -0.497 e. The Morgan fingerprint density at radius 1 is 1.21 bits per heavy atom. The summed E-state index contributed by atoms with van der Waals surface area (Å²) in [6.45, 7) is 1.04. The predicted octanol–water partition coefficient (Wildman–Crippen LogP) is 3.16. The highest BCUT2D eigenvalue weighted by Crippen LogP contribution is 2.32. The monoisotopic (exact) mass is 392 g/mol. The highest BCUT2D eigenvalue weighted by molar-refractivity contribution is 5.94. The summed E-state index contributed by atoms with van der Waals surface area (Å²) in [5.41, 5.74) is 4.61. The standard InChI is InChI=1S/C22H20N2O5/c1-28-16-7-8-17-18-10-11-24(13-20(18)29-19(17)12-16)21(25)9-4-14-2-5-15(6-3-14)22(26)23-27/h2-9,12,27H,10-11,13H2,1H3,(H,23,26)/b9-4+. The molecule has 0 spiro atoms. The Hall–Kier alpha value is -3.58. The van der Waals surface area contributed by atoms with Crippen LogP contribution >= 0.6 is 0 Å². The molecule has 0 saturated carbocycles. The lowest BCUT2D eigenvalue weighted by atomic mass is 10.0. The average molecular weight is 392 g/mol. The van der Waals surface area contributed by atoms with Crippen LogP contribution in [0.4, 0.5) is 0 Å². The zero-order chi connectivity index (χ0) is 20.4. The number of carbonyl (C=O) groups excluding carboxylic acids is 2. The van der Waals surface area contributed by atoms with E-state index in [2.05, 4.69) is 0 Å². The number of hydrogen-bond donors (Lipinski definition) is 2. The fourth-order valence-corrected chi connectivity index (χ4v) is 3.48. The zero-order valence-electron chi connectivity index (χ0n) is 15.8. The van der Waals surface area contributed by atoms with Crippen LogP contribution in [0.3, 0.4) is 0 Å². The molecule has 2 N–H and O–H groups in total. The van der Waals surface area contributed by atoms with Crippen molar-refractivity contribution in [2.75, 3.05) is 13.7 Å². The molecular formula is C22H20N2O5. The lowest BCUT2D eigenvalue weighted by molar-refractivity contribution is -0.127. The fourth-order valence-electron chi connectivity index (χ4n) is 3.48. The summed E-state index contributed by atoms with van der Waals surface area (Å²) >= 11 is 0. The van der Waals surface area contributed by atoms with Gasteiger partial charge in [-0.1, -0.05) is 12.1 Å². The summed E-state index contributed by atoms with van der Waals surface area (Å²) in [6, 6.07) is 12.3. The number of ether oxygens (including phenoxy) is 1. The van der Waals surface area contributed by atoms with E-state index in [1.807, 2.05) is 18.2 Å². The second-order valence-electron chi connectivity index (χ2n) is 6.77. The lowest BCUT2D eigenvalue weighted by Crippen LogP contribution is -2.34. The predicted molar refractivity (Wildman–Crippen MR) is 107 cm³/mol. The van der Waals surface area contributed by atoms with E-state index in [9.17, 15) is 9.59 Å². The van der Waals surface area contributed by atoms with Crippen LogP contribution in [-0.2, 0) is 17.8 Å². The van der Waals surface area contributed by atoms with Crippen LogP contribution in [0.2, 0.25) is 0 Å².